The van der Waals surface area contributed by atoms with E-state index in [0.717, 1.165) is 50.3 Å². The summed E-state index contributed by atoms with van der Waals surface area (Å²) in [5.41, 5.74) is 1.60. The Hall–Kier alpha value is -1.79. The number of urea groups is 1. The normalized spacial score (nSPS) is 24.0. The number of hydrogen-bond acceptors (Lipinski definition) is 4. The van der Waals surface area contributed by atoms with Crippen molar-refractivity contribution in [3.63, 3.8) is 0 Å². The molecule has 2 N–H and O–H groups in total. The highest BCUT2D eigenvalue weighted by Crippen LogP contribution is 2.24. The summed E-state index contributed by atoms with van der Waals surface area (Å²) in [4.78, 5) is 14.3. The minimum atomic E-state index is -0.236. The van der Waals surface area contributed by atoms with Gasteiger partial charge in [-0.2, -0.15) is 0 Å². The largest absolute Gasteiger partial charge is 0.382 e. The van der Waals surface area contributed by atoms with Crippen molar-refractivity contribution in [1.82, 2.24) is 4.90 Å². The van der Waals surface area contributed by atoms with Crippen LogP contribution in [-0.2, 0) is 9.47 Å². The van der Waals surface area contributed by atoms with Gasteiger partial charge in [0.25, 0.3) is 0 Å². The first kappa shape index (κ1) is 18.0. The highest BCUT2D eigenvalue weighted by atomic mass is 16.5. The van der Waals surface area contributed by atoms with E-state index in [9.17, 15) is 4.79 Å². The summed E-state index contributed by atoms with van der Waals surface area (Å²) in [7, 11) is 1.73. The van der Waals surface area contributed by atoms with Gasteiger partial charge < -0.3 is 25.0 Å². The molecule has 6 nitrogen and oxygen atoms in total. The first-order valence-corrected chi connectivity index (χ1v) is 9.24. The van der Waals surface area contributed by atoms with Crippen LogP contribution < -0.4 is 10.6 Å². The maximum absolute atomic E-state index is 12.4. The second-order valence-corrected chi connectivity index (χ2v) is 6.95. The molecule has 0 spiro atoms. The molecule has 0 aromatic heterocycles. The zero-order chi connectivity index (χ0) is 17.5. The molecule has 2 aliphatic heterocycles. The van der Waals surface area contributed by atoms with E-state index in [-0.39, 0.29) is 11.6 Å². The summed E-state index contributed by atoms with van der Waals surface area (Å²) in [5.74, 6) is 0. The number of nitrogens with one attached hydrogen (secondary N) is 2. The van der Waals surface area contributed by atoms with Gasteiger partial charge in [0.2, 0.25) is 0 Å². The standard InChI is InChI=1S/C19H29N3O3/c1-24-19(10-13-25-15-19)14-20-16-6-8-17(9-7-16)21-18(23)22-11-4-2-3-5-12-22/h6-9,20H,2-5,10-15H2,1H3,(H,21,23)/t19-/m0/s1. The molecule has 2 heterocycles. The lowest BCUT2D eigenvalue weighted by Gasteiger charge is -2.26. The second kappa shape index (κ2) is 8.54. The molecule has 2 aliphatic rings. The van der Waals surface area contributed by atoms with Crippen LogP contribution in [0.25, 0.3) is 0 Å². The van der Waals surface area contributed by atoms with Crippen LogP contribution in [0.15, 0.2) is 24.3 Å². The minimum Gasteiger partial charge on any atom is -0.382 e. The van der Waals surface area contributed by atoms with Gasteiger partial charge in [-0.15, -0.1) is 0 Å². The lowest BCUT2D eigenvalue weighted by Crippen LogP contribution is -2.39. The molecule has 0 radical (unpaired) electrons. The molecule has 2 saturated heterocycles. The average Bonchev–Trinajstić information content (AvgIpc) is 2.94. The Balaban J connectivity index is 1.50. The summed E-state index contributed by atoms with van der Waals surface area (Å²) in [6, 6.07) is 7.84. The lowest BCUT2D eigenvalue weighted by atomic mass is 10.0. The third kappa shape index (κ3) is 4.86. The highest BCUT2D eigenvalue weighted by Gasteiger charge is 2.34. The monoisotopic (exact) mass is 347 g/mol. The Morgan fingerprint density at radius 1 is 1.16 bits per heavy atom. The molecule has 138 valence electrons. The van der Waals surface area contributed by atoms with Crippen LogP contribution in [0.5, 0.6) is 0 Å². The number of anilines is 2. The zero-order valence-corrected chi connectivity index (χ0v) is 15.1. The number of benzene rings is 1. The summed E-state index contributed by atoms with van der Waals surface area (Å²) in [6.45, 7) is 3.79. The summed E-state index contributed by atoms with van der Waals surface area (Å²) in [6.07, 6.45) is 5.54. The van der Waals surface area contributed by atoms with Crippen LogP contribution >= 0.6 is 0 Å². The second-order valence-electron chi connectivity index (χ2n) is 6.95. The van der Waals surface area contributed by atoms with Gasteiger partial charge in [-0.1, -0.05) is 12.8 Å². The van der Waals surface area contributed by atoms with E-state index >= 15 is 0 Å². The molecule has 2 amide bonds. The fraction of sp³-hybridized carbons (Fsp3) is 0.632. The molecule has 0 aliphatic carbocycles. The van der Waals surface area contributed by atoms with E-state index in [4.69, 9.17) is 9.47 Å². The third-order valence-electron chi connectivity index (χ3n) is 5.14. The zero-order valence-electron chi connectivity index (χ0n) is 15.1. The quantitative estimate of drug-likeness (QED) is 0.858. The van der Waals surface area contributed by atoms with Gasteiger partial charge in [0.15, 0.2) is 0 Å². The summed E-state index contributed by atoms with van der Waals surface area (Å²) in [5, 5.41) is 6.40. The van der Waals surface area contributed by atoms with Crippen molar-refractivity contribution in [3.05, 3.63) is 24.3 Å². The SMILES string of the molecule is CO[C@]1(CNc2ccc(NC(=O)N3CCCCCC3)cc2)CCOC1. The predicted molar refractivity (Wildman–Crippen MR) is 99.2 cm³/mol. The van der Waals surface area contributed by atoms with Crippen molar-refractivity contribution in [2.24, 2.45) is 0 Å². The molecule has 3 rings (SSSR count). The molecule has 2 fully saturated rings. The number of carbonyl (C=O) groups is 1. The number of ether oxygens (including phenoxy) is 2. The van der Waals surface area contributed by atoms with Gasteiger partial charge in [-0.25, -0.2) is 4.79 Å². The van der Waals surface area contributed by atoms with E-state index in [1.54, 1.807) is 7.11 Å². The first-order valence-electron chi connectivity index (χ1n) is 9.24. The van der Waals surface area contributed by atoms with Gasteiger partial charge in [-0.3, -0.25) is 0 Å². The first-order chi connectivity index (χ1) is 12.2. The van der Waals surface area contributed by atoms with E-state index in [0.29, 0.717) is 13.2 Å². The number of methoxy groups -OCH3 is 1. The van der Waals surface area contributed by atoms with Gasteiger partial charge in [0, 0.05) is 51.1 Å². The van der Waals surface area contributed by atoms with Crippen molar-refractivity contribution in [1.29, 1.82) is 0 Å². The van der Waals surface area contributed by atoms with E-state index < -0.39 is 0 Å². The topological polar surface area (TPSA) is 62.8 Å². The molecule has 25 heavy (non-hydrogen) atoms. The maximum atomic E-state index is 12.4. The minimum absolute atomic E-state index is 0.00375. The van der Waals surface area contributed by atoms with Gasteiger partial charge >= 0.3 is 6.03 Å². The van der Waals surface area contributed by atoms with E-state index in [1.165, 1.54) is 12.8 Å². The Morgan fingerprint density at radius 3 is 2.44 bits per heavy atom. The predicted octanol–water partition coefficient (Wildman–Crippen LogP) is 3.31. The highest BCUT2D eigenvalue weighted by molar-refractivity contribution is 5.89. The van der Waals surface area contributed by atoms with Crippen LogP contribution in [-0.4, -0.2) is 56.5 Å². The van der Waals surface area contributed by atoms with Gasteiger partial charge in [0.05, 0.1) is 6.61 Å². The molecule has 1 aromatic carbocycles. The number of rotatable bonds is 5. The summed E-state index contributed by atoms with van der Waals surface area (Å²) < 4.78 is 11.1. The molecule has 6 heteroatoms. The van der Waals surface area contributed by atoms with Gasteiger partial charge in [0.1, 0.15) is 5.60 Å². The number of hydrogen-bond donors (Lipinski definition) is 2. The smallest absolute Gasteiger partial charge is 0.321 e. The van der Waals surface area contributed by atoms with Crippen LogP contribution in [0, 0.1) is 0 Å². The van der Waals surface area contributed by atoms with Gasteiger partial charge in [-0.05, 0) is 37.1 Å². The summed E-state index contributed by atoms with van der Waals surface area (Å²) >= 11 is 0. The van der Waals surface area contributed by atoms with Crippen molar-refractivity contribution < 1.29 is 14.3 Å². The van der Waals surface area contributed by atoms with Crippen molar-refractivity contribution in [2.45, 2.75) is 37.7 Å². The van der Waals surface area contributed by atoms with Crippen LogP contribution in [0.3, 0.4) is 0 Å². The number of likely N-dealkylation sites (tertiary alicyclic amines) is 1. The maximum Gasteiger partial charge on any atom is 0.321 e. The van der Waals surface area contributed by atoms with Crippen molar-refractivity contribution >= 4 is 17.4 Å². The van der Waals surface area contributed by atoms with Crippen LogP contribution in [0.1, 0.15) is 32.1 Å². The Kier molecular flexibility index (Phi) is 6.15. The third-order valence-corrected chi connectivity index (χ3v) is 5.14. The molecule has 1 atom stereocenters. The van der Waals surface area contributed by atoms with Crippen molar-refractivity contribution in [3.8, 4) is 0 Å². The van der Waals surface area contributed by atoms with E-state index in [2.05, 4.69) is 10.6 Å². The van der Waals surface area contributed by atoms with Crippen molar-refractivity contribution in [2.75, 3.05) is 50.6 Å². The number of amides is 2. The molecule has 0 unspecified atom stereocenters. The number of carbonyl (C=O) groups excluding carboxylic acids is 1. The Labute approximate surface area is 149 Å². The number of nitrogens with zero attached hydrogens (tertiary/aromatic N) is 1. The fourth-order valence-corrected chi connectivity index (χ4v) is 3.37. The molecule has 1 aromatic rings. The molecule has 0 bridgehead atoms. The Bertz CT molecular complexity index is 548. The average molecular weight is 347 g/mol. The van der Waals surface area contributed by atoms with Crippen LogP contribution in [0.4, 0.5) is 16.2 Å². The fourth-order valence-electron chi connectivity index (χ4n) is 3.37. The molecular formula is C19H29N3O3. The van der Waals surface area contributed by atoms with E-state index in [1.807, 2.05) is 29.2 Å². The van der Waals surface area contributed by atoms with Crippen LogP contribution in [0.2, 0.25) is 0 Å². The molecule has 0 saturated carbocycles. The lowest BCUT2D eigenvalue weighted by molar-refractivity contribution is -0.00619. The molecular weight excluding hydrogens is 318 g/mol. The Morgan fingerprint density at radius 2 is 1.84 bits per heavy atom.